The number of anilines is 1. The lowest BCUT2D eigenvalue weighted by Gasteiger charge is -2.24. The van der Waals surface area contributed by atoms with Crippen molar-refractivity contribution in [2.45, 2.75) is 19.3 Å². The van der Waals surface area contributed by atoms with Gasteiger partial charge >= 0.3 is 5.97 Å². The van der Waals surface area contributed by atoms with Crippen molar-refractivity contribution in [1.29, 1.82) is 0 Å². The van der Waals surface area contributed by atoms with E-state index in [2.05, 4.69) is 0 Å². The molecule has 0 aliphatic carbocycles. The molecule has 9 heteroatoms. The van der Waals surface area contributed by atoms with Crippen molar-refractivity contribution >= 4 is 29.2 Å². The summed E-state index contributed by atoms with van der Waals surface area (Å²) in [5, 5.41) is 9.68. The molecule has 3 aromatic carbocycles. The van der Waals surface area contributed by atoms with E-state index in [4.69, 9.17) is 30.5 Å². The Morgan fingerprint density at radius 2 is 1.75 bits per heavy atom. The highest BCUT2D eigenvalue weighted by Gasteiger charge is 2.28. The second-order valence-corrected chi connectivity index (χ2v) is 8.50. The van der Waals surface area contributed by atoms with Crippen molar-refractivity contribution in [2.75, 3.05) is 32.3 Å². The molecule has 0 spiro atoms. The highest BCUT2D eigenvalue weighted by molar-refractivity contribution is 6.32. The van der Waals surface area contributed by atoms with Gasteiger partial charge < -0.3 is 29.0 Å². The van der Waals surface area contributed by atoms with Gasteiger partial charge in [0, 0.05) is 41.9 Å². The third-order valence-electron chi connectivity index (χ3n) is 5.94. The number of nitrogens with zero attached hydrogens (tertiary/aromatic N) is 1. The van der Waals surface area contributed by atoms with Crippen molar-refractivity contribution in [3.8, 4) is 28.7 Å². The average Bonchev–Trinajstić information content (AvgIpc) is 2.89. The molecule has 188 valence electrons. The number of aliphatic carboxylic acids is 1. The number of carbonyl (C=O) groups excluding carboxylic acids is 1. The summed E-state index contributed by atoms with van der Waals surface area (Å²) in [6.07, 6.45) is 0.418. The van der Waals surface area contributed by atoms with E-state index in [1.165, 1.54) is 0 Å². The van der Waals surface area contributed by atoms with Crippen molar-refractivity contribution in [1.82, 2.24) is 0 Å². The van der Waals surface area contributed by atoms with Crippen LogP contribution in [-0.2, 0) is 4.79 Å². The number of ether oxygens (including phenoxy) is 4. The first kappa shape index (κ1) is 25.2. The van der Waals surface area contributed by atoms with Crippen molar-refractivity contribution < 1.29 is 33.6 Å². The molecule has 0 fully saturated rings. The van der Waals surface area contributed by atoms with Gasteiger partial charge in [-0.2, -0.15) is 0 Å². The van der Waals surface area contributed by atoms with Crippen LogP contribution in [0.5, 0.6) is 28.7 Å². The van der Waals surface area contributed by atoms with E-state index in [0.29, 0.717) is 65.1 Å². The fourth-order valence-electron chi connectivity index (χ4n) is 4.08. The number of amides is 1. The van der Waals surface area contributed by atoms with Crippen molar-refractivity contribution in [3.05, 3.63) is 70.7 Å². The summed E-state index contributed by atoms with van der Waals surface area (Å²) in [4.78, 5) is 26.4. The second kappa shape index (κ2) is 10.8. The smallest absolute Gasteiger partial charge is 0.311 e. The number of hydrogen-bond donors (Lipinski definition) is 1. The quantitative estimate of drug-likeness (QED) is 0.410. The Hall–Kier alpha value is -3.91. The van der Waals surface area contributed by atoms with Gasteiger partial charge in [0.05, 0.1) is 37.5 Å². The Kier molecular flexibility index (Phi) is 7.55. The number of fused-ring (bicyclic) bond motifs is 1. The van der Waals surface area contributed by atoms with Crippen LogP contribution in [0, 0.1) is 0 Å². The maximum absolute atomic E-state index is 13.3. The molecular formula is C27H26ClNO7. The lowest BCUT2D eigenvalue weighted by molar-refractivity contribution is -0.139. The maximum Gasteiger partial charge on any atom is 0.311 e. The van der Waals surface area contributed by atoms with Gasteiger partial charge in [0.2, 0.25) is 0 Å². The number of halogens is 1. The van der Waals surface area contributed by atoms with Crippen LogP contribution in [0.15, 0.2) is 54.6 Å². The second-order valence-electron chi connectivity index (χ2n) is 8.10. The van der Waals surface area contributed by atoms with Crippen molar-refractivity contribution in [3.63, 3.8) is 0 Å². The molecule has 0 aromatic heterocycles. The number of benzene rings is 3. The maximum atomic E-state index is 13.3. The van der Waals surface area contributed by atoms with Crippen LogP contribution in [0.2, 0.25) is 5.02 Å². The number of carboxylic acid groups (broad SMARTS) is 1. The minimum absolute atomic E-state index is 0.247. The molecule has 1 heterocycles. The molecule has 0 saturated heterocycles. The topological polar surface area (TPSA) is 94.5 Å². The lowest BCUT2D eigenvalue weighted by atomic mass is 9.93. The number of rotatable bonds is 8. The number of hydrogen-bond acceptors (Lipinski definition) is 6. The van der Waals surface area contributed by atoms with Crippen LogP contribution in [0.25, 0.3) is 0 Å². The predicted octanol–water partition coefficient (Wildman–Crippen LogP) is 5.77. The number of carboxylic acids is 1. The molecule has 4 rings (SSSR count). The zero-order chi connectivity index (χ0) is 25.8. The van der Waals surface area contributed by atoms with Crippen LogP contribution in [0.4, 0.5) is 5.69 Å². The average molecular weight is 512 g/mol. The molecule has 1 atom stereocenters. The Morgan fingerprint density at radius 1 is 1.03 bits per heavy atom. The Bertz CT molecular complexity index is 1270. The fraction of sp³-hybridized carbons (Fsp3) is 0.259. The van der Waals surface area contributed by atoms with Gasteiger partial charge in [0.25, 0.3) is 5.91 Å². The Balaban J connectivity index is 1.56. The normalized spacial score (nSPS) is 14.3. The third-order valence-corrected chi connectivity index (χ3v) is 6.23. The number of methoxy groups -OCH3 is 2. The molecule has 1 amide bonds. The summed E-state index contributed by atoms with van der Waals surface area (Å²) in [6, 6.07) is 15.1. The van der Waals surface area contributed by atoms with Gasteiger partial charge in [0.15, 0.2) is 0 Å². The van der Waals surface area contributed by atoms with Crippen LogP contribution < -0.4 is 23.8 Å². The molecule has 1 N–H and O–H groups in total. The van der Waals surface area contributed by atoms with Gasteiger partial charge in [-0.3, -0.25) is 9.59 Å². The van der Waals surface area contributed by atoms with E-state index in [-0.39, 0.29) is 10.9 Å². The van der Waals surface area contributed by atoms with Gasteiger partial charge in [-0.05, 0) is 37.6 Å². The highest BCUT2D eigenvalue weighted by atomic mass is 35.5. The minimum Gasteiger partial charge on any atom is -0.497 e. The predicted molar refractivity (Wildman–Crippen MR) is 135 cm³/mol. The zero-order valence-corrected chi connectivity index (χ0v) is 20.9. The first-order chi connectivity index (χ1) is 17.3. The first-order valence-electron chi connectivity index (χ1n) is 11.4. The van der Waals surface area contributed by atoms with E-state index in [1.807, 2.05) is 6.92 Å². The highest BCUT2D eigenvalue weighted by Crippen LogP contribution is 2.39. The monoisotopic (exact) mass is 511 g/mol. The Labute approximate surface area is 213 Å². The number of carbonyl (C=O) groups is 2. The summed E-state index contributed by atoms with van der Waals surface area (Å²) in [6.45, 7) is 2.60. The van der Waals surface area contributed by atoms with Gasteiger partial charge in [0.1, 0.15) is 28.7 Å². The zero-order valence-electron chi connectivity index (χ0n) is 20.1. The van der Waals surface area contributed by atoms with Gasteiger partial charge in [-0.1, -0.05) is 17.7 Å². The van der Waals surface area contributed by atoms with Crippen LogP contribution in [0.3, 0.4) is 0 Å². The summed E-state index contributed by atoms with van der Waals surface area (Å²) >= 11 is 6.48. The summed E-state index contributed by atoms with van der Waals surface area (Å²) in [5.74, 6) is 0.670. The largest absolute Gasteiger partial charge is 0.497 e. The molecule has 0 radical (unpaired) electrons. The van der Waals surface area contributed by atoms with E-state index in [0.717, 1.165) is 0 Å². The summed E-state index contributed by atoms with van der Waals surface area (Å²) in [7, 11) is 3.10. The molecule has 36 heavy (non-hydrogen) atoms. The molecule has 8 nitrogen and oxygen atoms in total. The minimum atomic E-state index is -0.884. The lowest BCUT2D eigenvalue weighted by Crippen LogP contribution is -2.30. The summed E-state index contributed by atoms with van der Waals surface area (Å²) < 4.78 is 22.2. The van der Waals surface area contributed by atoms with E-state index in [9.17, 15) is 14.7 Å². The molecule has 1 unspecified atom stereocenters. The first-order valence-corrected chi connectivity index (χ1v) is 11.7. The molecule has 0 bridgehead atoms. The SMILES string of the molecule is CCN(C(=O)c1ccc(Oc2ccc3c(c2)OCCC3C(=O)O)c(Cl)c1)c1cc(OC)cc(OC)c1. The fourth-order valence-corrected chi connectivity index (χ4v) is 4.30. The third kappa shape index (κ3) is 5.18. The van der Waals surface area contributed by atoms with E-state index < -0.39 is 11.9 Å². The molecular weight excluding hydrogens is 486 g/mol. The standard InChI is InChI=1S/C27H26ClNO7/c1-4-29(17-12-19(33-2)14-20(13-17)34-3)26(30)16-5-8-24(23(28)11-16)36-18-6-7-21-22(27(31)32)9-10-35-25(21)15-18/h5-8,11-15,22H,4,9-10H2,1-3H3,(H,31,32). The molecule has 3 aromatic rings. The van der Waals surface area contributed by atoms with Crippen LogP contribution in [0.1, 0.15) is 35.2 Å². The van der Waals surface area contributed by atoms with Crippen LogP contribution >= 0.6 is 11.6 Å². The van der Waals surface area contributed by atoms with Gasteiger partial charge in [-0.25, -0.2) is 0 Å². The molecule has 1 aliphatic rings. The summed E-state index contributed by atoms with van der Waals surface area (Å²) in [5.41, 5.74) is 1.62. The van der Waals surface area contributed by atoms with E-state index >= 15 is 0 Å². The van der Waals surface area contributed by atoms with E-state index in [1.54, 1.807) is 73.7 Å². The van der Waals surface area contributed by atoms with Gasteiger partial charge in [-0.15, -0.1) is 0 Å². The molecule has 0 saturated carbocycles. The van der Waals surface area contributed by atoms with Crippen LogP contribution in [-0.4, -0.2) is 44.4 Å². The Morgan fingerprint density at radius 3 is 2.36 bits per heavy atom. The van der Waals surface area contributed by atoms with Crippen molar-refractivity contribution in [2.24, 2.45) is 0 Å². The molecule has 1 aliphatic heterocycles.